The molecule has 0 aromatic rings. The van der Waals surface area contributed by atoms with E-state index in [-0.39, 0.29) is 12.2 Å². The monoisotopic (exact) mass is 298 g/mol. The van der Waals surface area contributed by atoms with Crippen molar-refractivity contribution in [3.8, 4) is 0 Å². The first-order valence-corrected chi connectivity index (χ1v) is 7.36. The summed E-state index contributed by atoms with van der Waals surface area (Å²) in [6.07, 6.45) is 0.708. The average molecular weight is 298 g/mol. The number of ketones is 1. The molecular formula is C16H26O5. The number of carbonyl (C=O) groups excluding carboxylic acids is 3. The largest absolute Gasteiger partial charge is 0.460 e. The normalized spacial score (nSPS) is 23.6. The number of Topliss-reactive ketones (excluding diaryl/α,β-unsaturated/α-hetero) is 1. The highest BCUT2D eigenvalue weighted by molar-refractivity contribution is 5.90. The van der Waals surface area contributed by atoms with E-state index in [0.29, 0.717) is 12.8 Å². The molecule has 0 aromatic heterocycles. The highest BCUT2D eigenvalue weighted by Gasteiger charge is 2.42. The fourth-order valence-electron chi connectivity index (χ4n) is 2.29. The summed E-state index contributed by atoms with van der Waals surface area (Å²) in [6, 6.07) is 0. The third-order valence-corrected chi connectivity index (χ3v) is 3.09. The predicted octanol–water partition coefficient (Wildman–Crippen LogP) is 2.66. The van der Waals surface area contributed by atoms with Crippen LogP contribution < -0.4 is 0 Å². The first-order valence-electron chi connectivity index (χ1n) is 7.36. The number of hydrogen-bond donors (Lipinski definition) is 0. The minimum absolute atomic E-state index is 0.00864. The lowest BCUT2D eigenvalue weighted by Crippen LogP contribution is -2.41. The van der Waals surface area contributed by atoms with Gasteiger partial charge in [0.05, 0.1) is 11.8 Å². The average Bonchev–Trinajstić information content (AvgIpc) is 2.23. The molecule has 21 heavy (non-hydrogen) atoms. The van der Waals surface area contributed by atoms with E-state index in [0.717, 1.165) is 0 Å². The molecule has 0 radical (unpaired) electrons. The fourth-order valence-corrected chi connectivity index (χ4v) is 2.29. The Balaban J connectivity index is 2.86. The molecule has 1 aliphatic rings. The summed E-state index contributed by atoms with van der Waals surface area (Å²) in [7, 11) is 0. The standard InChI is InChI=1S/C16H26O5/c1-15(2,3)20-13(18)11-8-7-10(17)9-12(11)14(19)21-16(4,5)6/h11-12H,7-9H2,1-6H3/t11-,12-/m0/s1. The highest BCUT2D eigenvalue weighted by Crippen LogP contribution is 2.32. The van der Waals surface area contributed by atoms with Crippen molar-refractivity contribution in [1.82, 2.24) is 0 Å². The molecule has 1 rings (SSSR count). The van der Waals surface area contributed by atoms with E-state index in [2.05, 4.69) is 0 Å². The van der Waals surface area contributed by atoms with Gasteiger partial charge in [-0.15, -0.1) is 0 Å². The van der Waals surface area contributed by atoms with Crippen LogP contribution in [0.4, 0.5) is 0 Å². The smallest absolute Gasteiger partial charge is 0.310 e. The number of hydrogen-bond acceptors (Lipinski definition) is 5. The van der Waals surface area contributed by atoms with Crippen LogP contribution in [0.15, 0.2) is 0 Å². The summed E-state index contributed by atoms with van der Waals surface area (Å²) in [5.74, 6) is -2.26. The van der Waals surface area contributed by atoms with Gasteiger partial charge in [0, 0.05) is 12.8 Å². The lowest BCUT2D eigenvalue weighted by atomic mass is 9.78. The Hall–Kier alpha value is -1.39. The van der Waals surface area contributed by atoms with Gasteiger partial charge < -0.3 is 9.47 Å². The Morgan fingerprint density at radius 3 is 1.76 bits per heavy atom. The lowest BCUT2D eigenvalue weighted by molar-refractivity contribution is -0.175. The van der Waals surface area contributed by atoms with Crippen molar-refractivity contribution in [2.24, 2.45) is 11.8 Å². The van der Waals surface area contributed by atoms with Gasteiger partial charge >= 0.3 is 11.9 Å². The van der Waals surface area contributed by atoms with Gasteiger partial charge in [0.2, 0.25) is 0 Å². The summed E-state index contributed by atoms with van der Waals surface area (Å²) < 4.78 is 10.7. The lowest BCUT2D eigenvalue weighted by Gasteiger charge is -2.32. The number of ether oxygens (including phenoxy) is 2. The molecule has 1 saturated carbocycles. The summed E-state index contributed by atoms with van der Waals surface area (Å²) >= 11 is 0. The van der Waals surface area contributed by atoms with E-state index in [4.69, 9.17) is 9.47 Å². The number of rotatable bonds is 2. The van der Waals surface area contributed by atoms with E-state index in [1.54, 1.807) is 41.5 Å². The summed E-state index contributed by atoms with van der Waals surface area (Å²) in [5.41, 5.74) is -1.26. The van der Waals surface area contributed by atoms with E-state index < -0.39 is 35.0 Å². The molecule has 0 heterocycles. The molecule has 120 valence electrons. The second-order valence-electron chi connectivity index (χ2n) is 7.56. The van der Waals surface area contributed by atoms with Crippen molar-refractivity contribution in [3.05, 3.63) is 0 Å². The Kier molecular flexibility index (Phi) is 5.18. The van der Waals surface area contributed by atoms with Gasteiger partial charge in [0.15, 0.2) is 0 Å². The van der Waals surface area contributed by atoms with Crippen molar-refractivity contribution >= 4 is 17.7 Å². The molecule has 0 aromatic carbocycles. The van der Waals surface area contributed by atoms with Crippen LogP contribution in [0.2, 0.25) is 0 Å². The Morgan fingerprint density at radius 1 is 0.905 bits per heavy atom. The van der Waals surface area contributed by atoms with E-state index in [1.807, 2.05) is 0 Å². The maximum atomic E-state index is 12.3. The van der Waals surface area contributed by atoms with Gasteiger partial charge in [-0.3, -0.25) is 14.4 Å². The summed E-state index contributed by atoms with van der Waals surface area (Å²) in [6.45, 7) is 10.6. The molecule has 1 fully saturated rings. The molecule has 5 heteroatoms. The molecule has 0 N–H and O–H groups in total. The third kappa shape index (κ3) is 5.86. The second kappa shape index (κ2) is 6.16. The molecule has 2 atom stereocenters. The van der Waals surface area contributed by atoms with Crippen molar-refractivity contribution < 1.29 is 23.9 Å². The summed E-state index contributed by atoms with van der Waals surface area (Å²) in [5, 5.41) is 0. The van der Waals surface area contributed by atoms with E-state index >= 15 is 0 Å². The minimum Gasteiger partial charge on any atom is -0.460 e. The molecule has 0 saturated heterocycles. The topological polar surface area (TPSA) is 69.7 Å². The Bertz CT molecular complexity index is 425. The SMILES string of the molecule is CC(C)(C)OC(=O)[C@H]1CCC(=O)C[C@@H]1C(=O)OC(C)(C)C. The molecule has 0 unspecified atom stereocenters. The number of carbonyl (C=O) groups is 3. The zero-order chi connectivity index (χ0) is 16.4. The van der Waals surface area contributed by atoms with Crippen LogP contribution in [-0.4, -0.2) is 28.9 Å². The van der Waals surface area contributed by atoms with Crippen molar-refractivity contribution in [2.75, 3.05) is 0 Å². The molecule has 0 aliphatic heterocycles. The Morgan fingerprint density at radius 2 is 1.33 bits per heavy atom. The second-order valence-corrected chi connectivity index (χ2v) is 7.56. The minimum atomic E-state index is -0.736. The van der Waals surface area contributed by atoms with E-state index in [9.17, 15) is 14.4 Å². The zero-order valence-electron chi connectivity index (χ0n) is 13.8. The van der Waals surface area contributed by atoms with Crippen LogP contribution in [0.5, 0.6) is 0 Å². The summed E-state index contributed by atoms with van der Waals surface area (Å²) in [4.78, 5) is 36.2. The van der Waals surface area contributed by atoms with Gasteiger partial charge in [-0.2, -0.15) is 0 Å². The quantitative estimate of drug-likeness (QED) is 0.733. The zero-order valence-corrected chi connectivity index (χ0v) is 13.8. The number of esters is 2. The highest BCUT2D eigenvalue weighted by atomic mass is 16.6. The maximum Gasteiger partial charge on any atom is 0.310 e. The van der Waals surface area contributed by atoms with Crippen LogP contribution in [0.3, 0.4) is 0 Å². The van der Waals surface area contributed by atoms with Crippen LogP contribution in [0.1, 0.15) is 60.8 Å². The molecular weight excluding hydrogens is 272 g/mol. The van der Waals surface area contributed by atoms with Gasteiger partial charge in [0.1, 0.15) is 17.0 Å². The van der Waals surface area contributed by atoms with Crippen LogP contribution >= 0.6 is 0 Å². The molecule has 5 nitrogen and oxygen atoms in total. The Labute approximate surface area is 126 Å². The molecule has 0 bridgehead atoms. The fraction of sp³-hybridized carbons (Fsp3) is 0.812. The first kappa shape index (κ1) is 17.7. The van der Waals surface area contributed by atoms with Gasteiger partial charge in [-0.05, 0) is 48.0 Å². The molecule has 1 aliphatic carbocycles. The van der Waals surface area contributed by atoms with Gasteiger partial charge in [-0.1, -0.05) is 0 Å². The molecule has 0 amide bonds. The van der Waals surface area contributed by atoms with Gasteiger partial charge in [-0.25, -0.2) is 0 Å². The van der Waals surface area contributed by atoms with Crippen molar-refractivity contribution in [1.29, 1.82) is 0 Å². The predicted molar refractivity (Wildman–Crippen MR) is 77.5 cm³/mol. The van der Waals surface area contributed by atoms with Crippen LogP contribution in [0, 0.1) is 11.8 Å². The van der Waals surface area contributed by atoms with Crippen molar-refractivity contribution in [3.63, 3.8) is 0 Å². The third-order valence-electron chi connectivity index (χ3n) is 3.09. The first-order chi connectivity index (χ1) is 9.39. The van der Waals surface area contributed by atoms with Crippen LogP contribution in [0.25, 0.3) is 0 Å². The molecule has 0 spiro atoms. The van der Waals surface area contributed by atoms with Crippen LogP contribution in [-0.2, 0) is 23.9 Å². The van der Waals surface area contributed by atoms with Crippen molar-refractivity contribution in [2.45, 2.75) is 72.0 Å². The van der Waals surface area contributed by atoms with E-state index in [1.165, 1.54) is 0 Å². The van der Waals surface area contributed by atoms with Gasteiger partial charge in [0.25, 0.3) is 0 Å². The maximum absolute atomic E-state index is 12.3.